The molecule has 1 unspecified atom stereocenters. The highest BCUT2D eigenvalue weighted by Gasteiger charge is 2.24. The first-order valence-electron chi connectivity index (χ1n) is 7.98. The van der Waals surface area contributed by atoms with Crippen LogP contribution in [0, 0.1) is 4.77 Å². The van der Waals surface area contributed by atoms with Crippen molar-refractivity contribution >= 4 is 12.2 Å². The van der Waals surface area contributed by atoms with Crippen molar-refractivity contribution in [1.29, 1.82) is 0 Å². The Labute approximate surface area is 140 Å². The van der Waals surface area contributed by atoms with Crippen molar-refractivity contribution in [3.05, 3.63) is 33.7 Å². The molecule has 0 amide bonds. The quantitative estimate of drug-likeness (QED) is 0.716. The van der Waals surface area contributed by atoms with Crippen LogP contribution in [-0.4, -0.2) is 25.5 Å². The summed E-state index contributed by atoms with van der Waals surface area (Å²) in [6.07, 6.45) is 1.47. The number of imidazole rings is 1. The van der Waals surface area contributed by atoms with E-state index in [9.17, 15) is 10.2 Å². The second-order valence-electron chi connectivity index (χ2n) is 5.99. The van der Waals surface area contributed by atoms with Crippen LogP contribution in [0.5, 0.6) is 17.4 Å². The molecule has 124 valence electrons. The Morgan fingerprint density at radius 2 is 2.00 bits per heavy atom. The number of ether oxygens (including phenoxy) is 1. The van der Waals surface area contributed by atoms with E-state index in [1.54, 1.807) is 10.6 Å². The summed E-state index contributed by atoms with van der Waals surface area (Å²) in [7, 11) is 0. The van der Waals surface area contributed by atoms with Gasteiger partial charge in [-0.3, -0.25) is 4.57 Å². The standard InChI is InChI=1S/C17H22N2O3S/c1-4-10(3)22-15-8-12-9-19-13(6-11(12)7-14(15)20)16(21)18(5-2)17(19)23/h7-8,10,20-21H,4-6,9H2,1-3H3. The number of benzene rings is 1. The third kappa shape index (κ3) is 2.61. The number of rotatable bonds is 4. The molecule has 2 N–H and O–H groups in total. The molecule has 0 aliphatic carbocycles. The zero-order valence-corrected chi connectivity index (χ0v) is 14.5. The summed E-state index contributed by atoms with van der Waals surface area (Å²) in [6.45, 7) is 7.20. The highest BCUT2D eigenvalue weighted by atomic mass is 32.1. The van der Waals surface area contributed by atoms with Crippen molar-refractivity contribution in [3.63, 3.8) is 0 Å². The van der Waals surface area contributed by atoms with Gasteiger partial charge in [-0.2, -0.15) is 0 Å². The molecule has 3 rings (SSSR count). The van der Waals surface area contributed by atoms with Crippen LogP contribution in [0.3, 0.4) is 0 Å². The monoisotopic (exact) mass is 334 g/mol. The first-order valence-corrected chi connectivity index (χ1v) is 8.39. The summed E-state index contributed by atoms with van der Waals surface area (Å²) < 4.78 is 10.1. The van der Waals surface area contributed by atoms with Gasteiger partial charge in [-0.15, -0.1) is 0 Å². The zero-order valence-electron chi connectivity index (χ0n) is 13.7. The van der Waals surface area contributed by atoms with Crippen molar-refractivity contribution in [3.8, 4) is 17.4 Å². The van der Waals surface area contributed by atoms with Gasteiger partial charge < -0.3 is 19.5 Å². The third-order valence-corrected chi connectivity index (χ3v) is 4.93. The highest BCUT2D eigenvalue weighted by molar-refractivity contribution is 7.71. The predicted molar refractivity (Wildman–Crippen MR) is 91.0 cm³/mol. The van der Waals surface area contributed by atoms with Crippen LogP contribution in [0.4, 0.5) is 0 Å². The molecule has 0 saturated heterocycles. The number of phenolic OH excluding ortho intramolecular Hbond substituents is 1. The molecule has 1 aromatic carbocycles. The Kier molecular flexibility index (Phi) is 4.10. The molecule has 1 aromatic heterocycles. The van der Waals surface area contributed by atoms with E-state index in [2.05, 4.69) is 0 Å². The van der Waals surface area contributed by atoms with E-state index in [4.69, 9.17) is 17.0 Å². The molecule has 2 aromatic rings. The maximum absolute atomic E-state index is 10.3. The number of phenols is 1. The van der Waals surface area contributed by atoms with E-state index in [1.807, 2.05) is 31.4 Å². The summed E-state index contributed by atoms with van der Waals surface area (Å²) in [5.41, 5.74) is 2.87. The highest BCUT2D eigenvalue weighted by Crippen LogP contribution is 2.37. The minimum Gasteiger partial charge on any atom is -0.504 e. The molecule has 1 aliphatic heterocycles. The molecule has 1 aliphatic rings. The fourth-order valence-electron chi connectivity index (χ4n) is 2.96. The zero-order chi connectivity index (χ0) is 16.7. The van der Waals surface area contributed by atoms with Crippen LogP contribution in [0.1, 0.15) is 44.0 Å². The van der Waals surface area contributed by atoms with Gasteiger partial charge in [-0.1, -0.05) is 6.92 Å². The van der Waals surface area contributed by atoms with E-state index >= 15 is 0 Å². The maximum Gasteiger partial charge on any atom is 0.213 e. The second-order valence-corrected chi connectivity index (χ2v) is 6.35. The summed E-state index contributed by atoms with van der Waals surface area (Å²) in [5, 5.41) is 20.6. The molecule has 23 heavy (non-hydrogen) atoms. The topological polar surface area (TPSA) is 59.5 Å². The fraction of sp³-hybridized carbons (Fsp3) is 0.471. The summed E-state index contributed by atoms with van der Waals surface area (Å²) in [6, 6.07) is 3.63. The van der Waals surface area contributed by atoms with Crippen molar-refractivity contribution in [1.82, 2.24) is 9.13 Å². The summed E-state index contributed by atoms with van der Waals surface area (Å²) in [5.74, 6) is 0.875. The van der Waals surface area contributed by atoms with Gasteiger partial charge in [0.1, 0.15) is 0 Å². The van der Waals surface area contributed by atoms with Crippen LogP contribution < -0.4 is 4.74 Å². The average molecular weight is 334 g/mol. The van der Waals surface area contributed by atoms with Crippen LogP contribution in [0.2, 0.25) is 0 Å². The molecular weight excluding hydrogens is 312 g/mol. The number of hydrogen-bond donors (Lipinski definition) is 2. The van der Waals surface area contributed by atoms with Gasteiger partial charge in [0, 0.05) is 13.0 Å². The Bertz CT molecular complexity index is 807. The summed E-state index contributed by atoms with van der Waals surface area (Å²) in [4.78, 5) is 0. The largest absolute Gasteiger partial charge is 0.504 e. The van der Waals surface area contributed by atoms with E-state index < -0.39 is 0 Å². The lowest BCUT2D eigenvalue weighted by atomic mass is 9.98. The fourth-order valence-corrected chi connectivity index (χ4v) is 3.35. The van der Waals surface area contributed by atoms with Gasteiger partial charge >= 0.3 is 0 Å². The van der Waals surface area contributed by atoms with Crippen molar-refractivity contribution < 1.29 is 14.9 Å². The van der Waals surface area contributed by atoms with Crippen LogP contribution in [-0.2, 0) is 19.5 Å². The molecule has 0 radical (unpaired) electrons. The predicted octanol–water partition coefficient (Wildman–Crippen LogP) is 3.58. The van der Waals surface area contributed by atoms with Gasteiger partial charge in [0.05, 0.1) is 18.3 Å². The molecule has 0 bridgehead atoms. The normalized spacial score (nSPS) is 14.2. The summed E-state index contributed by atoms with van der Waals surface area (Å²) >= 11 is 5.46. The maximum atomic E-state index is 10.3. The van der Waals surface area contributed by atoms with Gasteiger partial charge in [0.25, 0.3) is 0 Å². The Hall–Kier alpha value is -1.95. The minimum atomic E-state index is 0.0467. The van der Waals surface area contributed by atoms with Crippen molar-refractivity contribution in [2.75, 3.05) is 0 Å². The second kappa shape index (κ2) is 5.92. The Balaban J connectivity index is 2.02. The number of aromatic hydroxyl groups is 2. The van der Waals surface area contributed by atoms with E-state index in [0.717, 1.165) is 23.2 Å². The number of fused-ring (bicyclic) bond motifs is 2. The van der Waals surface area contributed by atoms with E-state index in [1.165, 1.54) is 0 Å². The lowest BCUT2D eigenvalue weighted by molar-refractivity contribution is 0.208. The molecule has 1 atom stereocenters. The SMILES string of the molecule is CCC(C)Oc1cc2c(cc1O)Cc1c(O)n(CC)c(=S)n1C2. The van der Waals surface area contributed by atoms with Gasteiger partial charge in [-0.25, -0.2) is 0 Å². The molecule has 2 heterocycles. The van der Waals surface area contributed by atoms with Crippen LogP contribution in [0.15, 0.2) is 12.1 Å². The first kappa shape index (κ1) is 15.9. The van der Waals surface area contributed by atoms with Gasteiger partial charge in [0.2, 0.25) is 5.88 Å². The minimum absolute atomic E-state index is 0.0467. The lowest BCUT2D eigenvalue weighted by Crippen LogP contribution is -2.15. The number of aromatic nitrogens is 2. The molecular formula is C17H22N2O3S. The smallest absolute Gasteiger partial charge is 0.213 e. The third-order valence-electron chi connectivity index (χ3n) is 4.49. The molecule has 6 heteroatoms. The molecule has 5 nitrogen and oxygen atoms in total. The molecule has 0 fully saturated rings. The molecule has 0 saturated carbocycles. The van der Waals surface area contributed by atoms with Crippen molar-refractivity contribution in [2.24, 2.45) is 0 Å². The average Bonchev–Trinajstić information content (AvgIpc) is 2.76. The van der Waals surface area contributed by atoms with Gasteiger partial charge in [-0.05, 0) is 55.7 Å². The number of nitrogens with zero attached hydrogens (tertiary/aromatic N) is 2. The van der Waals surface area contributed by atoms with E-state index in [-0.39, 0.29) is 17.7 Å². The Morgan fingerprint density at radius 3 is 2.65 bits per heavy atom. The van der Waals surface area contributed by atoms with Crippen LogP contribution in [0.25, 0.3) is 0 Å². The first-order chi connectivity index (χ1) is 11.0. The molecule has 0 spiro atoms. The van der Waals surface area contributed by atoms with Gasteiger partial charge in [0.15, 0.2) is 16.3 Å². The number of hydrogen-bond acceptors (Lipinski definition) is 4. The Morgan fingerprint density at radius 1 is 1.26 bits per heavy atom. The van der Waals surface area contributed by atoms with Crippen molar-refractivity contribution in [2.45, 2.75) is 52.8 Å². The lowest BCUT2D eigenvalue weighted by Gasteiger charge is -2.21. The van der Waals surface area contributed by atoms with Crippen LogP contribution >= 0.6 is 12.2 Å². The van der Waals surface area contributed by atoms with E-state index in [0.29, 0.717) is 30.0 Å².